The van der Waals surface area contributed by atoms with Gasteiger partial charge in [0.15, 0.2) is 0 Å². The summed E-state index contributed by atoms with van der Waals surface area (Å²) in [4.78, 5) is 15.6. The number of anilines is 1. The fraction of sp³-hybridized carbons (Fsp3) is 0.231. The van der Waals surface area contributed by atoms with Crippen LogP contribution < -0.4 is 16.0 Å². The Bertz CT molecular complexity index is 593. The molecule has 0 atom stereocenters. The Balaban J connectivity index is 2.36. The van der Waals surface area contributed by atoms with E-state index in [0.717, 1.165) is 11.3 Å². The summed E-state index contributed by atoms with van der Waals surface area (Å²) >= 11 is 0. The van der Waals surface area contributed by atoms with Crippen LogP contribution in [0, 0.1) is 0 Å². The van der Waals surface area contributed by atoms with Crippen LogP contribution in [-0.2, 0) is 6.54 Å². The van der Waals surface area contributed by atoms with E-state index in [9.17, 15) is 4.79 Å². The van der Waals surface area contributed by atoms with Gasteiger partial charge in [-0.15, -0.1) is 0 Å². The molecule has 0 unspecified atom stereocenters. The lowest BCUT2D eigenvalue weighted by Gasteiger charge is -2.12. The van der Waals surface area contributed by atoms with Crippen molar-refractivity contribution < 1.29 is 4.74 Å². The first-order valence-electron chi connectivity index (χ1n) is 5.72. The van der Waals surface area contributed by atoms with Crippen molar-refractivity contribution in [2.75, 3.05) is 12.3 Å². The van der Waals surface area contributed by atoms with E-state index in [0.29, 0.717) is 18.8 Å². The van der Waals surface area contributed by atoms with Gasteiger partial charge in [0.1, 0.15) is 5.75 Å². The molecule has 0 saturated heterocycles. The molecule has 18 heavy (non-hydrogen) atoms. The quantitative estimate of drug-likeness (QED) is 0.823. The molecule has 5 nitrogen and oxygen atoms in total. The van der Waals surface area contributed by atoms with Crippen molar-refractivity contribution in [3.8, 4) is 5.75 Å². The van der Waals surface area contributed by atoms with Gasteiger partial charge in [-0.3, -0.25) is 9.36 Å². The summed E-state index contributed by atoms with van der Waals surface area (Å²) in [5.74, 6) is 0.738. The zero-order valence-corrected chi connectivity index (χ0v) is 10.2. The third-order valence-corrected chi connectivity index (χ3v) is 2.52. The zero-order chi connectivity index (χ0) is 13.0. The van der Waals surface area contributed by atoms with E-state index in [2.05, 4.69) is 4.98 Å². The highest BCUT2D eigenvalue weighted by Crippen LogP contribution is 2.22. The maximum atomic E-state index is 11.6. The topological polar surface area (TPSA) is 70.1 Å². The molecule has 2 N–H and O–H groups in total. The predicted octanol–water partition coefficient (Wildman–Crippen LogP) is 1.27. The highest BCUT2D eigenvalue weighted by atomic mass is 16.5. The fourth-order valence-corrected chi connectivity index (χ4v) is 1.70. The summed E-state index contributed by atoms with van der Waals surface area (Å²) in [5, 5.41) is 0. The monoisotopic (exact) mass is 245 g/mol. The van der Waals surface area contributed by atoms with Gasteiger partial charge in [-0.2, -0.15) is 0 Å². The molecular weight excluding hydrogens is 230 g/mol. The molecule has 0 aliphatic carbocycles. The number of hydrogen-bond acceptors (Lipinski definition) is 4. The Kier molecular flexibility index (Phi) is 3.62. The van der Waals surface area contributed by atoms with Crippen molar-refractivity contribution in [1.29, 1.82) is 0 Å². The van der Waals surface area contributed by atoms with Crippen LogP contribution in [0.4, 0.5) is 5.69 Å². The highest BCUT2D eigenvalue weighted by Gasteiger charge is 2.06. The second-order valence-electron chi connectivity index (χ2n) is 3.85. The summed E-state index contributed by atoms with van der Waals surface area (Å²) in [6.07, 6.45) is 2.98. The van der Waals surface area contributed by atoms with E-state index >= 15 is 0 Å². The summed E-state index contributed by atoms with van der Waals surface area (Å²) in [6, 6.07) is 6.83. The molecule has 1 heterocycles. The second kappa shape index (κ2) is 5.35. The van der Waals surface area contributed by atoms with Gasteiger partial charge < -0.3 is 10.5 Å². The molecule has 1 aromatic heterocycles. The molecule has 94 valence electrons. The number of nitrogens with zero attached hydrogens (tertiary/aromatic N) is 2. The summed E-state index contributed by atoms with van der Waals surface area (Å²) in [5.41, 5.74) is 7.17. The number of ether oxygens (including phenoxy) is 1. The van der Waals surface area contributed by atoms with Crippen molar-refractivity contribution in [3.05, 3.63) is 52.7 Å². The smallest absolute Gasteiger partial charge is 0.253 e. The molecule has 0 radical (unpaired) electrons. The Morgan fingerprint density at radius 1 is 1.39 bits per heavy atom. The molecule has 2 rings (SSSR count). The first kappa shape index (κ1) is 12.2. The first-order chi connectivity index (χ1) is 8.70. The molecule has 0 fully saturated rings. The number of benzene rings is 1. The number of aromatic nitrogens is 2. The van der Waals surface area contributed by atoms with Gasteiger partial charge in [-0.25, -0.2) is 4.98 Å². The molecule has 0 spiro atoms. The van der Waals surface area contributed by atoms with Crippen LogP contribution in [0.25, 0.3) is 0 Å². The molecule has 0 aliphatic heterocycles. The third kappa shape index (κ3) is 2.68. The van der Waals surface area contributed by atoms with E-state index in [1.807, 2.05) is 19.1 Å². The van der Waals surface area contributed by atoms with Crippen LogP contribution in [0.3, 0.4) is 0 Å². The average Bonchev–Trinajstić information content (AvgIpc) is 2.36. The third-order valence-electron chi connectivity index (χ3n) is 2.52. The van der Waals surface area contributed by atoms with Gasteiger partial charge >= 0.3 is 0 Å². The van der Waals surface area contributed by atoms with Crippen molar-refractivity contribution in [2.45, 2.75) is 13.5 Å². The van der Waals surface area contributed by atoms with Crippen LogP contribution in [0.1, 0.15) is 12.5 Å². The van der Waals surface area contributed by atoms with Crippen LogP contribution in [-0.4, -0.2) is 16.2 Å². The molecule has 5 heteroatoms. The first-order valence-corrected chi connectivity index (χ1v) is 5.72. The minimum Gasteiger partial charge on any atom is -0.494 e. The van der Waals surface area contributed by atoms with E-state index < -0.39 is 0 Å². The number of hydrogen-bond donors (Lipinski definition) is 1. The fourth-order valence-electron chi connectivity index (χ4n) is 1.70. The van der Waals surface area contributed by atoms with E-state index in [-0.39, 0.29) is 5.56 Å². The predicted molar refractivity (Wildman–Crippen MR) is 69.6 cm³/mol. The van der Waals surface area contributed by atoms with Crippen LogP contribution in [0.2, 0.25) is 0 Å². The minimum absolute atomic E-state index is 0.102. The lowest BCUT2D eigenvalue weighted by molar-refractivity contribution is 0.335. The minimum atomic E-state index is -0.102. The van der Waals surface area contributed by atoms with Gasteiger partial charge in [-0.1, -0.05) is 0 Å². The number of nitrogen functional groups attached to an aromatic ring is 1. The maximum absolute atomic E-state index is 11.6. The Morgan fingerprint density at radius 2 is 2.22 bits per heavy atom. The molecule has 2 aromatic rings. The second-order valence-corrected chi connectivity index (χ2v) is 3.85. The molecular formula is C13H15N3O2. The SMILES string of the molecule is CCOc1ccc(N)cc1Cn1cnccc1=O. The highest BCUT2D eigenvalue weighted by molar-refractivity contribution is 5.48. The molecule has 0 amide bonds. The summed E-state index contributed by atoms with van der Waals surface area (Å²) in [7, 11) is 0. The van der Waals surface area contributed by atoms with Gasteiger partial charge in [0.05, 0.1) is 19.5 Å². The van der Waals surface area contributed by atoms with Crippen molar-refractivity contribution >= 4 is 5.69 Å². The summed E-state index contributed by atoms with van der Waals surface area (Å²) in [6.45, 7) is 2.88. The van der Waals surface area contributed by atoms with Gasteiger partial charge in [0.2, 0.25) is 0 Å². The van der Waals surface area contributed by atoms with Gasteiger partial charge in [0, 0.05) is 23.5 Å². The lowest BCUT2D eigenvalue weighted by atomic mass is 10.1. The Hall–Kier alpha value is -2.30. The maximum Gasteiger partial charge on any atom is 0.253 e. The van der Waals surface area contributed by atoms with E-state index in [1.54, 1.807) is 6.07 Å². The van der Waals surface area contributed by atoms with Crippen molar-refractivity contribution in [1.82, 2.24) is 9.55 Å². The lowest BCUT2D eigenvalue weighted by Crippen LogP contribution is -2.19. The Morgan fingerprint density at radius 3 is 2.94 bits per heavy atom. The molecule has 0 bridgehead atoms. The van der Waals surface area contributed by atoms with E-state index in [4.69, 9.17) is 10.5 Å². The zero-order valence-electron chi connectivity index (χ0n) is 10.2. The number of nitrogens with two attached hydrogens (primary N) is 1. The average molecular weight is 245 g/mol. The molecule has 0 aliphatic rings. The van der Waals surface area contributed by atoms with Gasteiger partial charge in [0.25, 0.3) is 5.56 Å². The van der Waals surface area contributed by atoms with Crippen molar-refractivity contribution in [3.63, 3.8) is 0 Å². The van der Waals surface area contributed by atoms with Crippen LogP contribution >= 0.6 is 0 Å². The Labute approximate surface area is 105 Å². The van der Waals surface area contributed by atoms with Gasteiger partial charge in [-0.05, 0) is 25.1 Å². The standard InChI is InChI=1S/C13H15N3O2/c1-2-18-12-4-3-11(14)7-10(12)8-16-9-15-6-5-13(16)17/h3-7,9H,2,8,14H2,1H3. The summed E-state index contributed by atoms with van der Waals surface area (Å²) < 4.78 is 7.02. The van der Waals surface area contributed by atoms with Crippen molar-refractivity contribution in [2.24, 2.45) is 0 Å². The molecule has 1 aromatic carbocycles. The largest absolute Gasteiger partial charge is 0.494 e. The van der Waals surface area contributed by atoms with E-state index in [1.165, 1.54) is 23.2 Å². The van der Waals surface area contributed by atoms with Crippen LogP contribution in [0.5, 0.6) is 5.75 Å². The van der Waals surface area contributed by atoms with Crippen LogP contribution in [0.15, 0.2) is 41.6 Å². The number of rotatable bonds is 4. The molecule has 0 saturated carbocycles. The normalized spacial score (nSPS) is 10.3.